The summed E-state index contributed by atoms with van der Waals surface area (Å²) in [5, 5.41) is 3.23. The quantitative estimate of drug-likeness (QED) is 0.822. The van der Waals surface area contributed by atoms with E-state index in [1.165, 1.54) is 7.11 Å². The van der Waals surface area contributed by atoms with Crippen molar-refractivity contribution in [1.29, 1.82) is 0 Å². The van der Waals surface area contributed by atoms with Crippen LogP contribution in [0.4, 0.5) is 0 Å². The fraction of sp³-hybridized carbons (Fsp3) is 0.467. The SMILES string of the molecule is COC(=O)CCN1C(=O)C(C)NC1c1ccccc1OC. The van der Waals surface area contributed by atoms with Crippen LogP contribution in [0.1, 0.15) is 25.1 Å². The van der Waals surface area contributed by atoms with Crippen LogP contribution in [0.15, 0.2) is 24.3 Å². The highest BCUT2D eigenvalue weighted by Crippen LogP contribution is 2.31. The second-order valence-electron chi connectivity index (χ2n) is 4.89. The van der Waals surface area contributed by atoms with Gasteiger partial charge in [-0.25, -0.2) is 0 Å². The van der Waals surface area contributed by atoms with Gasteiger partial charge >= 0.3 is 5.97 Å². The predicted octanol–water partition coefficient (Wildman–Crippen LogP) is 1.08. The third-order valence-electron chi connectivity index (χ3n) is 3.59. The van der Waals surface area contributed by atoms with Gasteiger partial charge in [0.2, 0.25) is 5.91 Å². The van der Waals surface area contributed by atoms with Crippen LogP contribution in [0.2, 0.25) is 0 Å². The number of amides is 1. The number of methoxy groups -OCH3 is 2. The Kier molecular flexibility index (Phi) is 4.80. The summed E-state index contributed by atoms with van der Waals surface area (Å²) >= 11 is 0. The Morgan fingerprint density at radius 3 is 2.71 bits per heavy atom. The average molecular weight is 292 g/mol. The predicted molar refractivity (Wildman–Crippen MR) is 76.7 cm³/mol. The van der Waals surface area contributed by atoms with Crippen LogP contribution in [-0.2, 0) is 14.3 Å². The molecule has 114 valence electrons. The first kappa shape index (κ1) is 15.3. The summed E-state index contributed by atoms with van der Waals surface area (Å²) in [5.74, 6) is 0.343. The Bertz CT molecular complexity index is 532. The molecule has 1 saturated heterocycles. The lowest BCUT2D eigenvalue weighted by Gasteiger charge is -2.25. The molecule has 0 bridgehead atoms. The van der Waals surface area contributed by atoms with Gasteiger partial charge in [0.25, 0.3) is 0 Å². The van der Waals surface area contributed by atoms with E-state index in [2.05, 4.69) is 10.1 Å². The van der Waals surface area contributed by atoms with E-state index in [0.29, 0.717) is 12.3 Å². The van der Waals surface area contributed by atoms with Crippen molar-refractivity contribution in [2.45, 2.75) is 25.6 Å². The Morgan fingerprint density at radius 2 is 2.05 bits per heavy atom. The van der Waals surface area contributed by atoms with E-state index in [4.69, 9.17) is 4.74 Å². The van der Waals surface area contributed by atoms with Gasteiger partial charge < -0.3 is 14.4 Å². The molecule has 21 heavy (non-hydrogen) atoms. The van der Waals surface area contributed by atoms with Crippen molar-refractivity contribution in [3.05, 3.63) is 29.8 Å². The van der Waals surface area contributed by atoms with E-state index in [1.807, 2.05) is 31.2 Å². The number of hydrogen-bond donors (Lipinski definition) is 1. The highest BCUT2D eigenvalue weighted by molar-refractivity contribution is 5.84. The molecule has 1 aliphatic heterocycles. The normalized spacial score (nSPS) is 21.5. The van der Waals surface area contributed by atoms with Crippen molar-refractivity contribution in [2.75, 3.05) is 20.8 Å². The zero-order valence-corrected chi connectivity index (χ0v) is 12.5. The number of carbonyl (C=O) groups is 2. The van der Waals surface area contributed by atoms with Crippen LogP contribution in [0, 0.1) is 0 Å². The molecule has 6 nitrogen and oxygen atoms in total. The first-order valence-electron chi connectivity index (χ1n) is 6.84. The number of benzene rings is 1. The molecule has 1 N–H and O–H groups in total. The lowest BCUT2D eigenvalue weighted by molar-refractivity contribution is -0.141. The summed E-state index contributed by atoms with van der Waals surface area (Å²) < 4.78 is 9.99. The maximum absolute atomic E-state index is 12.3. The van der Waals surface area contributed by atoms with Gasteiger partial charge in [-0.3, -0.25) is 14.9 Å². The zero-order valence-electron chi connectivity index (χ0n) is 12.5. The molecule has 1 aliphatic rings. The lowest BCUT2D eigenvalue weighted by atomic mass is 10.1. The van der Waals surface area contributed by atoms with Crippen LogP contribution in [0.3, 0.4) is 0 Å². The molecule has 0 aromatic heterocycles. The van der Waals surface area contributed by atoms with Crippen molar-refractivity contribution >= 4 is 11.9 Å². The minimum atomic E-state index is -0.332. The molecule has 0 aliphatic carbocycles. The number of ether oxygens (including phenoxy) is 2. The first-order chi connectivity index (χ1) is 10.1. The van der Waals surface area contributed by atoms with Crippen molar-refractivity contribution in [3.63, 3.8) is 0 Å². The van der Waals surface area contributed by atoms with Crippen LogP contribution in [0.5, 0.6) is 5.75 Å². The minimum absolute atomic E-state index is 0.0326. The summed E-state index contributed by atoms with van der Waals surface area (Å²) in [5.41, 5.74) is 0.877. The first-order valence-corrected chi connectivity index (χ1v) is 6.84. The summed E-state index contributed by atoms with van der Waals surface area (Å²) in [4.78, 5) is 25.2. The van der Waals surface area contributed by atoms with E-state index >= 15 is 0 Å². The molecule has 2 atom stereocenters. The molecule has 1 fully saturated rings. The summed E-state index contributed by atoms with van der Waals surface area (Å²) in [6.45, 7) is 2.12. The molecule has 0 radical (unpaired) electrons. The van der Waals surface area contributed by atoms with Gasteiger partial charge in [-0.2, -0.15) is 0 Å². The third-order valence-corrected chi connectivity index (χ3v) is 3.59. The van der Waals surface area contributed by atoms with Crippen molar-refractivity contribution in [1.82, 2.24) is 10.2 Å². The fourth-order valence-electron chi connectivity index (χ4n) is 2.48. The molecule has 1 aromatic carbocycles. The molecule has 1 heterocycles. The molecule has 0 spiro atoms. The second kappa shape index (κ2) is 6.58. The maximum atomic E-state index is 12.3. The molecule has 2 rings (SSSR count). The highest BCUT2D eigenvalue weighted by atomic mass is 16.5. The van der Waals surface area contributed by atoms with E-state index < -0.39 is 0 Å². The molecule has 2 unspecified atom stereocenters. The molecule has 6 heteroatoms. The molecule has 0 saturated carbocycles. The summed E-state index contributed by atoms with van der Waals surface area (Å²) in [6, 6.07) is 7.24. The number of esters is 1. The van der Waals surface area contributed by atoms with E-state index in [-0.39, 0.29) is 30.5 Å². The maximum Gasteiger partial charge on any atom is 0.307 e. The molecular weight excluding hydrogens is 272 g/mol. The monoisotopic (exact) mass is 292 g/mol. The van der Waals surface area contributed by atoms with Crippen LogP contribution >= 0.6 is 0 Å². The smallest absolute Gasteiger partial charge is 0.307 e. The Hall–Kier alpha value is -2.08. The van der Waals surface area contributed by atoms with Crippen LogP contribution < -0.4 is 10.1 Å². The van der Waals surface area contributed by atoms with Crippen molar-refractivity contribution < 1.29 is 19.1 Å². The van der Waals surface area contributed by atoms with E-state index in [0.717, 1.165) is 5.56 Å². The minimum Gasteiger partial charge on any atom is -0.496 e. The Balaban J connectivity index is 2.23. The van der Waals surface area contributed by atoms with Crippen LogP contribution in [0.25, 0.3) is 0 Å². The lowest BCUT2D eigenvalue weighted by Crippen LogP contribution is -2.33. The van der Waals surface area contributed by atoms with Crippen molar-refractivity contribution in [3.8, 4) is 5.75 Å². The number of carbonyl (C=O) groups excluding carboxylic acids is 2. The topological polar surface area (TPSA) is 67.9 Å². The number of nitrogens with one attached hydrogen (secondary N) is 1. The summed E-state index contributed by atoms with van der Waals surface area (Å²) in [6.07, 6.45) is -0.129. The Morgan fingerprint density at radius 1 is 1.33 bits per heavy atom. The standard InChI is InChI=1S/C15H20N2O4/c1-10-15(19)17(9-8-13(18)21-3)14(16-10)11-6-4-5-7-12(11)20-2/h4-7,10,14,16H,8-9H2,1-3H3. The molecule has 1 amide bonds. The van der Waals surface area contributed by atoms with E-state index in [1.54, 1.807) is 12.0 Å². The Labute approximate surface area is 124 Å². The number of para-hydroxylation sites is 1. The average Bonchev–Trinajstić information content (AvgIpc) is 2.80. The van der Waals surface area contributed by atoms with Gasteiger partial charge in [0, 0.05) is 12.1 Å². The van der Waals surface area contributed by atoms with Gasteiger partial charge in [0.1, 0.15) is 11.9 Å². The fourth-order valence-corrected chi connectivity index (χ4v) is 2.48. The van der Waals surface area contributed by atoms with Gasteiger partial charge in [-0.1, -0.05) is 18.2 Å². The number of nitrogens with zero attached hydrogens (tertiary/aromatic N) is 1. The summed E-state index contributed by atoms with van der Waals surface area (Å²) in [7, 11) is 2.94. The van der Waals surface area contributed by atoms with Gasteiger partial charge in [0.15, 0.2) is 0 Å². The second-order valence-corrected chi connectivity index (χ2v) is 4.89. The molecular formula is C15H20N2O4. The van der Waals surface area contributed by atoms with Crippen molar-refractivity contribution in [2.24, 2.45) is 0 Å². The highest BCUT2D eigenvalue weighted by Gasteiger charge is 2.38. The van der Waals surface area contributed by atoms with Gasteiger partial charge in [-0.05, 0) is 13.0 Å². The van der Waals surface area contributed by atoms with Crippen LogP contribution in [-0.4, -0.2) is 43.6 Å². The molecule has 1 aromatic rings. The number of rotatable bonds is 5. The van der Waals surface area contributed by atoms with E-state index in [9.17, 15) is 9.59 Å². The third kappa shape index (κ3) is 3.16. The van der Waals surface area contributed by atoms with Gasteiger partial charge in [-0.15, -0.1) is 0 Å². The number of hydrogen-bond acceptors (Lipinski definition) is 5. The zero-order chi connectivity index (χ0) is 15.4. The van der Waals surface area contributed by atoms with Gasteiger partial charge in [0.05, 0.1) is 26.7 Å². The largest absolute Gasteiger partial charge is 0.496 e.